The molecule has 0 spiro atoms. The number of hydrogen-bond donors (Lipinski definition) is 1. The fraction of sp³-hybridized carbons (Fsp3) is 0.486. The largest absolute Gasteiger partial charge is 0.399 e. The molecule has 1 aromatic carbocycles. The molecule has 0 aliphatic carbocycles. The van der Waals surface area contributed by atoms with Gasteiger partial charge in [-0.05, 0) is 79.6 Å². The van der Waals surface area contributed by atoms with Gasteiger partial charge in [0.15, 0.2) is 0 Å². The Morgan fingerprint density at radius 1 is 0.805 bits per heavy atom. The molecule has 0 bridgehead atoms. The molecule has 0 aliphatic rings. The van der Waals surface area contributed by atoms with Crippen molar-refractivity contribution in [3.63, 3.8) is 0 Å². The fourth-order valence-corrected chi connectivity index (χ4v) is 4.72. The second-order valence-electron chi connectivity index (χ2n) is 8.97. The summed E-state index contributed by atoms with van der Waals surface area (Å²) >= 11 is 1.81. The molecular formula is C35H54FN3OS. The van der Waals surface area contributed by atoms with Gasteiger partial charge in [0.25, 0.3) is 0 Å². The second-order valence-corrected chi connectivity index (χ2v) is 10.0. The van der Waals surface area contributed by atoms with Gasteiger partial charge in [-0.15, -0.1) is 11.3 Å². The molecule has 0 atom stereocenters. The van der Waals surface area contributed by atoms with E-state index in [0.717, 1.165) is 62.9 Å². The minimum absolute atomic E-state index is 0.241. The molecule has 3 aromatic heterocycles. The van der Waals surface area contributed by atoms with Crippen molar-refractivity contribution in [2.45, 2.75) is 101 Å². The minimum atomic E-state index is -0.241. The fourth-order valence-electron chi connectivity index (χ4n) is 3.59. The lowest BCUT2D eigenvalue weighted by Gasteiger charge is -2.00. The van der Waals surface area contributed by atoms with Crippen LogP contribution in [-0.2, 0) is 17.6 Å². The number of benzene rings is 1. The van der Waals surface area contributed by atoms with E-state index in [4.69, 9.17) is 10.5 Å². The number of fused-ring (bicyclic) bond motifs is 1. The van der Waals surface area contributed by atoms with Crippen molar-refractivity contribution >= 4 is 27.2 Å². The van der Waals surface area contributed by atoms with Gasteiger partial charge in [0.1, 0.15) is 5.82 Å². The Kier molecular flexibility index (Phi) is 22.2. The zero-order valence-electron chi connectivity index (χ0n) is 27.0. The lowest BCUT2D eigenvalue weighted by atomic mass is 10.1. The SMILES string of the molecule is CC.CC.CCCOCCC.CCCc1ccc(-c2cc3nccc(CCC)c3s2)nc1.Cc1ccc(N)cc1F. The Balaban J connectivity index is 0.000000664. The van der Waals surface area contributed by atoms with E-state index >= 15 is 0 Å². The van der Waals surface area contributed by atoms with Crippen molar-refractivity contribution in [3.8, 4) is 10.6 Å². The van der Waals surface area contributed by atoms with Crippen LogP contribution in [0.3, 0.4) is 0 Å². The topological polar surface area (TPSA) is 61.0 Å². The van der Waals surface area contributed by atoms with Gasteiger partial charge in [0.05, 0.1) is 20.8 Å². The molecule has 0 radical (unpaired) electrons. The maximum atomic E-state index is 12.5. The van der Waals surface area contributed by atoms with Crippen LogP contribution in [0.2, 0.25) is 0 Å². The molecule has 0 saturated heterocycles. The summed E-state index contributed by atoms with van der Waals surface area (Å²) in [5, 5.41) is 0. The highest BCUT2D eigenvalue weighted by molar-refractivity contribution is 7.22. The zero-order chi connectivity index (χ0) is 31.0. The molecule has 4 aromatic rings. The van der Waals surface area contributed by atoms with Crippen LogP contribution in [0, 0.1) is 12.7 Å². The first-order chi connectivity index (χ1) is 19.9. The van der Waals surface area contributed by atoms with Crippen molar-refractivity contribution < 1.29 is 9.13 Å². The molecule has 0 unspecified atom stereocenters. The molecule has 4 nitrogen and oxygen atoms in total. The van der Waals surface area contributed by atoms with Gasteiger partial charge in [-0.25, -0.2) is 4.39 Å². The van der Waals surface area contributed by atoms with Gasteiger partial charge in [-0.1, -0.05) is 80.4 Å². The third kappa shape index (κ3) is 14.6. The van der Waals surface area contributed by atoms with Gasteiger partial charge in [-0.2, -0.15) is 0 Å². The molecule has 0 amide bonds. The highest BCUT2D eigenvalue weighted by Crippen LogP contribution is 2.34. The molecule has 4 rings (SSSR count). The van der Waals surface area contributed by atoms with E-state index in [1.54, 1.807) is 19.1 Å². The predicted molar refractivity (Wildman–Crippen MR) is 180 cm³/mol. The normalized spacial score (nSPS) is 9.71. The van der Waals surface area contributed by atoms with Crippen LogP contribution >= 0.6 is 11.3 Å². The van der Waals surface area contributed by atoms with Crippen LogP contribution in [0.4, 0.5) is 10.1 Å². The number of pyridine rings is 2. The molecule has 0 saturated carbocycles. The van der Waals surface area contributed by atoms with E-state index in [2.05, 4.69) is 61.9 Å². The number of aromatic nitrogens is 2. The Labute approximate surface area is 253 Å². The van der Waals surface area contributed by atoms with Crippen molar-refractivity contribution in [3.05, 3.63) is 77.4 Å². The maximum Gasteiger partial charge on any atom is 0.128 e. The number of nitrogens with two attached hydrogens (primary N) is 1. The first kappa shape index (κ1) is 38.2. The lowest BCUT2D eigenvalue weighted by molar-refractivity contribution is 0.135. The van der Waals surface area contributed by atoms with E-state index < -0.39 is 0 Å². The summed E-state index contributed by atoms with van der Waals surface area (Å²) in [5.74, 6) is -0.241. The predicted octanol–water partition coefficient (Wildman–Crippen LogP) is 10.9. The second kappa shape index (κ2) is 23.8. The molecular weight excluding hydrogens is 529 g/mol. The maximum absolute atomic E-state index is 12.5. The summed E-state index contributed by atoms with van der Waals surface area (Å²) in [6, 6.07) is 13.3. The van der Waals surface area contributed by atoms with Crippen molar-refractivity contribution in [1.29, 1.82) is 0 Å². The highest BCUT2D eigenvalue weighted by Gasteiger charge is 2.09. The average molecular weight is 584 g/mol. The summed E-state index contributed by atoms with van der Waals surface area (Å²) in [5.41, 5.74) is 11.3. The van der Waals surface area contributed by atoms with Crippen molar-refractivity contribution in [2.75, 3.05) is 18.9 Å². The van der Waals surface area contributed by atoms with Gasteiger partial charge < -0.3 is 10.5 Å². The number of nitrogens with zero attached hydrogens (tertiary/aromatic N) is 2. The number of nitrogen functional groups attached to an aromatic ring is 1. The Morgan fingerprint density at radius 3 is 1.98 bits per heavy atom. The van der Waals surface area contributed by atoms with E-state index in [-0.39, 0.29) is 5.82 Å². The molecule has 228 valence electrons. The molecule has 41 heavy (non-hydrogen) atoms. The standard InChI is InChI=1S/C18H20N2S.C7H8FN.C6H14O.2C2H6/c1-3-5-13-7-8-15(20-12-13)17-11-16-18(21-17)14(6-4-2)9-10-19-16;1-5-2-3-6(9)4-7(5)8;1-3-5-7-6-4-2;2*1-2/h7-12H,3-6H2,1-2H3;2-4H,9H2,1H3;3-6H2,1-2H3;2*1-2H3. The van der Waals surface area contributed by atoms with Crippen molar-refractivity contribution in [2.24, 2.45) is 0 Å². The lowest BCUT2D eigenvalue weighted by Crippen LogP contribution is -1.92. The molecule has 0 aliphatic heterocycles. The first-order valence-corrected chi connectivity index (χ1v) is 16.2. The summed E-state index contributed by atoms with van der Waals surface area (Å²) in [4.78, 5) is 10.3. The van der Waals surface area contributed by atoms with Crippen molar-refractivity contribution in [1.82, 2.24) is 9.97 Å². The Morgan fingerprint density at radius 2 is 1.46 bits per heavy atom. The average Bonchev–Trinajstić information content (AvgIpc) is 3.45. The number of ether oxygens (including phenoxy) is 1. The smallest absolute Gasteiger partial charge is 0.128 e. The number of halogens is 1. The minimum Gasteiger partial charge on any atom is -0.399 e. The van der Waals surface area contributed by atoms with Gasteiger partial charge in [0, 0.05) is 31.3 Å². The van der Waals surface area contributed by atoms with Gasteiger partial charge in [0.2, 0.25) is 0 Å². The first-order valence-electron chi connectivity index (χ1n) is 15.3. The molecule has 6 heteroatoms. The summed E-state index contributed by atoms with van der Waals surface area (Å²) in [7, 11) is 0. The Bertz CT molecular complexity index is 1190. The molecule has 3 heterocycles. The number of thiophene rings is 1. The summed E-state index contributed by atoms with van der Waals surface area (Å²) < 4.78 is 18.9. The molecule has 0 fully saturated rings. The van der Waals surface area contributed by atoms with Crippen LogP contribution in [0.5, 0.6) is 0 Å². The van der Waals surface area contributed by atoms with Crippen LogP contribution in [0.1, 0.15) is 97.8 Å². The quantitative estimate of drug-likeness (QED) is 0.157. The van der Waals surface area contributed by atoms with E-state index in [1.807, 2.05) is 51.4 Å². The zero-order valence-corrected chi connectivity index (χ0v) is 27.8. The van der Waals surface area contributed by atoms with E-state index in [9.17, 15) is 4.39 Å². The van der Waals surface area contributed by atoms with Crippen LogP contribution in [0.25, 0.3) is 20.8 Å². The van der Waals surface area contributed by atoms with Crippen LogP contribution in [-0.4, -0.2) is 23.2 Å². The monoisotopic (exact) mass is 583 g/mol. The highest BCUT2D eigenvalue weighted by atomic mass is 32.1. The van der Waals surface area contributed by atoms with Gasteiger partial charge >= 0.3 is 0 Å². The van der Waals surface area contributed by atoms with E-state index in [0.29, 0.717) is 11.3 Å². The third-order valence-corrected chi connectivity index (χ3v) is 6.74. The number of rotatable bonds is 9. The van der Waals surface area contributed by atoms with Crippen LogP contribution < -0.4 is 5.73 Å². The third-order valence-electron chi connectivity index (χ3n) is 5.52. The van der Waals surface area contributed by atoms with E-state index in [1.165, 1.54) is 26.8 Å². The Hall–Kier alpha value is -2.83. The van der Waals surface area contributed by atoms with Crippen LogP contribution in [0.15, 0.2) is 54.9 Å². The molecule has 2 N–H and O–H groups in total. The summed E-state index contributed by atoms with van der Waals surface area (Å²) in [6.07, 6.45) is 10.7. The number of hydrogen-bond acceptors (Lipinski definition) is 5. The summed E-state index contributed by atoms with van der Waals surface area (Å²) in [6.45, 7) is 20.2. The number of anilines is 1. The van der Waals surface area contributed by atoms with Gasteiger partial charge in [-0.3, -0.25) is 9.97 Å². The number of aryl methyl sites for hydroxylation is 3.